The Bertz CT molecular complexity index is 761. The number of amides is 3. The highest BCUT2D eigenvalue weighted by Crippen LogP contribution is 2.31. The molecular weight excluding hydrogens is 456 g/mol. The van der Waals surface area contributed by atoms with Crippen molar-refractivity contribution in [1.29, 1.82) is 0 Å². The Labute approximate surface area is 218 Å². The second kappa shape index (κ2) is 15.6. The van der Waals surface area contributed by atoms with Gasteiger partial charge in [-0.15, -0.1) is 0 Å². The molecule has 3 amide bonds. The average molecular weight is 505 g/mol. The lowest BCUT2D eigenvalue weighted by Crippen LogP contribution is -2.38. The maximum Gasteiger partial charge on any atom is 0.251 e. The molecule has 0 aliphatic heterocycles. The van der Waals surface area contributed by atoms with Crippen LogP contribution in [0, 0.1) is 0 Å². The molecule has 0 unspecified atom stereocenters. The molecule has 0 heterocycles. The second-order valence-corrected chi connectivity index (χ2v) is 9.80. The van der Waals surface area contributed by atoms with E-state index in [4.69, 9.17) is 0 Å². The van der Waals surface area contributed by atoms with Crippen molar-refractivity contribution in [2.24, 2.45) is 0 Å². The SMILES string of the molecule is CCc1c(C(=O)NCCN(C)C)c(CC)c(C(=O)NCCN(C)C)c(CC)c1C(=O)NCCN(C)C. The van der Waals surface area contributed by atoms with Crippen LogP contribution in [-0.4, -0.2) is 114 Å². The Kier molecular flexibility index (Phi) is 13.7. The first kappa shape index (κ1) is 31.5. The summed E-state index contributed by atoms with van der Waals surface area (Å²) in [6.07, 6.45) is 1.53. The summed E-state index contributed by atoms with van der Waals surface area (Å²) < 4.78 is 0. The molecule has 0 saturated heterocycles. The molecule has 0 spiro atoms. The zero-order chi connectivity index (χ0) is 27.4. The first-order valence-electron chi connectivity index (χ1n) is 13.0. The fourth-order valence-electron chi connectivity index (χ4n) is 4.25. The fraction of sp³-hybridized carbons (Fsp3) is 0.667. The molecule has 0 atom stereocenters. The van der Waals surface area contributed by atoms with Crippen molar-refractivity contribution in [3.63, 3.8) is 0 Å². The molecule has 0 aliphatic carbocycles. The zero-order valence-corrected chi connectivity index (χ0v) is 23.9. The van der Waals surface area contributed by atoms with Crippen LogP contribution in [0.5, 0.6) is 0 Å². The van der Waals surface area contributed by atoms with Gasteiger partial charge in [0, 0.05) is 56.0 Å². The number of hydrogen-bond donors (Lipinski definition) is 3. The van der Waals surface area contributed by atoms with Gasteiger partial charge in [0.15, 0.2) is 0 Å². The van der Waals surface area contributed by atoms with E-state index in [1.807, 2.05) is 77.8 Å². The summed E-state index contributed by atoms with van der Waals surface area (Å²) in [6.45, 7) is 9.37. The van der Waals surface area contributed by atoms with E-state index in [-0.39, 0.29) is 17.7 Å². The van der Waals surface area contributed by atoms with Crippen LogP contribution in [0.1, 0.15) is 68.5 Å². The summed E-state index contributed by atoms with van der Waals surface area (Å²) in [5.41, 5.74) is 3.51. The molecule has 0 radical (unpaired) electrons. The second-order valence-electron chi connectivity index (χ2n) is 9.80. The van der Waals surface area contributed by atoms with E-state index in [2.05, 4.69) is 16.0 Å². The molecule has 9 heteroatoms. The average Bonchev–Trinajstić information content (AvgIpc) is 2.80. The minimum absolute atomic E-state index is 0.238. The molecule has 9 nitrogen and oxygen atoms in total. The van der Waals surface area contributed by atoms with Gasteiger partial charge < -0.3 is 30.7 Å². The summed E-state index contributed by atoms with van der Waals surface area (Å²) in [5, 5.41) is 9.03. The molecule has 0 aliphatic rings. The van der Waals surface area contributed by atoms with E-state index in [9.17, 15) is 14.4 Å². The normalized spacial score (nSPS) is 11.3. The van der Waals surface area contributed by atoms with E-state index in [1.165, 1.54) is 0 Å². The van der Waals surface area contributed by atoms with Gasteiger partial charge in [-0.3, -0.25) is 14.4 Å². The lowest BCUT2D eigenvalue weighted by Gasteiger charge is -2.25. The van der Waals surface area contributed by atoms with E-state index in [0.717, 1.165) is 0 Å². The van der Waals surface area contributed by atoms with Crippen molar-refractivity contribution >= 4 is 17.7 Å². The number of rotatable bonds is 15. The van der Waals surface area contributed by atoms with Gasteiger partial charge in [-0.1, -0.05) is 20.8 Å². The highest BCUT2D eigenvalue weighted by atomic mass is 16.2. The van der Waals surface area contributed by atoms with Crippen LogP contribution >= 0.6 is 0 Å². The lowest BCUT2D eigenvalue weighted by molar-refractivity contribution is 0.0948. The fourth-order valence-corrected chi connectivity index (χ4v) is 4.25. The van der Waals surface area contributed by atoms with Gasteiger partial charge in [-0.25, -0.2) is 0 Å². The standard InChI is InChI=1S/C27H48N6O3/c1-10-19-22(25(34)28-13-16-31(4)5)20(11-2)24(27(36)30-15-18-33(8)9)21(12-3)23(19)26(35)29-14-17-32(6)7/h10-18H2,1-9H3,(H,28,34)(H,29,35)(H,30,36). The summed E-state index contributed by atoms with van der Waals surface area (Å²) in [4.78, 5) is 46.6. The third kappa shape index (κ3) is 8.87. The molecule has 204 valence electrons. The zero-order valence-electron chi connectivity index (χ0n) is 23.9. The van der Waals surface area contributed by atoms with Gasteiger partial charge in [0.1, 0.15) is 0 Å². The largest absolute Gasteiger partial charge is 0.351 e. The van der Waals surface area contributed by atoms with Crippen LogP contribution < -0.4 is 16.0 Å². The summed E-state index contributed by atoms with van der Waals surface area (Å²) in [5.74, 6) is -0.714. The highest BCUT2D eigenvalue weighted by Gasteiger charge is 2.30. The molecule has 36 heavy (non-hydrogen) atoms. The summed E-state index contributed by atoms with van der Waals surface area (Å²) in [6, 6.07) is 0. The van der Waals surface area contributed by atoms with Crippen molar-refractivity contribution < 1.29 is 14.4 Å². The Morgan fingerprint density at radius 3 is 0.889 bits per heavy atom. The van der Waals surface area contributed by atoms with E-state index >= 15 is 0 Å². The number of likely N-dealkylation sites (N-methyl/N-ethyl adjacent to an activating group) is 3. The Hall–Kier alpha value is -2.49. The monoisotopic (exact) mass is 504 g/mol. The Morgan fingerprint density at radius 1 is 0.500 bits per heavy atom. The number of carbonyl (C=O) groups excluding carboxylic acids is 3. The van der Waals surface area contributed by atoms with Crippen LogP contribution in [0.2, 0.25) is 0 Å². The number of nitrogens with zero attached hydrogens (tertiary/aromatic N) is 3. The van der Waals surface area contributed by atoms with E-state index in [1.54, 1.807) is 0 Å². The minimum Gasteiger partial charge on any atom is -0.351 e. The minimum atomic E-state index is -0.238. The van der Waals surface area contributed by atoms with Crippen LogP contribution in [0.4, 0.5) is 0 Å². The van der Waals surface area contributed by atoms with Crippen LogP contribution in [0.15, 0.2) is 0 Å². The van der Waals surface area contributed by atoms with Crippen molar-refractivity contribution in [3.8, 4) is 0 Å². The Balaban J connectivity index is 3.73. The molecule has 0 aromatic heterocycles. The van der Waals surface area contributed by atoms with Gasteiger partial charge in [0.05, 0.1) is 0 Å². The molecule has 0 saturated carbocycles. The van der Waals surface area contributed by atoms with Crippen molar-refractivity contribution in [1.82, 2.24) is 30.7 Å². The molecular formula is C27H48N6O3. The Morgan fingerprint density at radius 2 is 0.722 bits per heavy atom. The first-order chi connectivity index (χ1) is 17.0. The molecule has 1 rings (SSSR count). The van der Waals surface area contributed by atoms with Crippen molar-refractivity contribution in [3.05, 3.63) is 33.4 Å². The number of benzene rings is 1. The molecule has 1 aromatic rings. The van der Waals surface area contributed by atoms with Gasteiger partial charge in [0.25, 0.3) is 17.7 Å². The van der Waals surface area contributed by atoms with Gasteiger partial charge in [-0.2, -0.15) is 0 Å². The predicted octanol–water partition coefficient (Wildman–Crippen LogP) is 1.25. The lowest BCUT2D eigenvalue weighted by atomic mass is 9.82. The van der Waals surface area contributed by atoms with Gasteiger partial charge in [-0.05, 0) is 78.2 Å². The highest BCUT2D eigenvalue weighted by molar-refractivity contribution is 6.10. The molecule has 3 N–H and O–H groups in total. The number of carbonyl (C=O) groups is 3. The summed E-state index contributed by atoms with van der Waals surface area (Å²) >= 11 is 0. The molecule has 0 fully saturated rings. The smallest absolute Gasteiger partial charge is 0.251 e. The van der Waals surface area contributed by atoms with Gasteiger partial charge >= 0.3 is 0 Å². The number of hydrogen-bond acceptors (Lipinski definition) is 6. The third-order valence-electron chi connectivity index (χ3n) is 6.09. The van der Waals surface area contributed by atoms with Crippen molar-refractivity contribution in [2.45, 2.75) is 40.0 Å². The molecule has 1 aromatic carbocycles. The van der Waals surface area contributed by atoms with Crippen LogP contribution in [-0.2, 0) is 19.3 Å². The van der Waals surface area contributed by atoms with Crippen LogP contribution in [0.25, 0.3) is 0 Å². The quantitative estimate of drug-likeness (QED) is 0.333. The van der Waals surface area contributed by atoms with E-state index < -0.39 is 0 Å². The molecule has 0 bridgehead atoms. The topological polar surface area (TPSA) is 97.0 Å². The third-order valence-corrected chi connectivity index (χ3v) is 6.09. The number of nitrogens with one attached hydrogen (secondary N) is 3. The van der Waals surface area contributed by atoms with Crippen LogP contribution in [0.3, 0.4) is 0 Å². The predicted molar refractivity (Wildman–Crippen MR) is 147 cm³/mol. The first-order valence-corrected chi connectivity index (χ1v) is 13.0. The summed E-state index contributed by atoms with van der Waals surface area (Å²) in [7, 11) is 11.7. The van der Waals surface area contributed by atoms with Gasteiger partial charge in [0.2, 0.25) is 0 Å². The maximum absolute atomic E-state index is 13.5. The maximum atomic E-state index is 13.5. The van der Waals surface area contributed by atoms with Crippen molar-refractivity contribution in [2.75, 3.05) is 81.6 Å². The van der Waals surface area contributed by atoms with E-state index in [0.29, 0.717) is 91.9 Å².